The molecular formula is C50H75N15O9. The number of amides is 9. The molecule has 19 N–H and O–H groups in total. The molecule has 74 heavy (non-hydrogen) atoms. The number of unbranched alkanes of at least 4 members (excludes halogenated alkanes) is 2. The van der Waals surface area contributed by atoms with Gasteiger partial charge in [-0.05, 0) is 101 Å². The molecule has 1 aliphatic heterocycles. The van der Waals surface area contributed by atoms with Gasteiger partial charge in [0.15, 0.2) is 5.96 Å². The summed E-state index contributed by atoms with van der Waals surface area (Å²) in [6, 6.07) is 6.99. The van der Waals surface area contributed by atoms with Crippen LogP contribution in [0.2, 0.25) is 0 Å². The SMILES string of the molecule is CC(=O)N[C@@H](CCCN=C(N)N)C(=O)N[C@H]1CC(=O)NCCCC[C@@H](C(N)=O)NC(=O)[C@H](Cc2c[nH]c3ccccc23)NC(=O)[C@H](CCCCN)NC(=O)[C@@H](Cc2ccccc2)NC(=O)[C@H](CCCCN)NC1=O. The molecule has 0 aliphatic carbocycles. The van der Waals surface area contributed by atoms with E-state index in [-0.39, 0.29) is 89.9 Å². The molecule has 2 aromatic carbocycles. The van der Waals surface area contributed by atoms with Gasteiger partial charge in [-0.25, -0.2) is 0 Å². The number of benzene rings is 2. The van der Waals surface area contributed by atoms with Gasteiger partial charge in [-0.3, -0.25) is 48.1 Å². The molecule has 0 radical (unpaired) electrons. The van der Waals surface area contributed by atoms with E-state index in [9.17, 15) is 43.2 Å². The molecule has 1 aromatic heterocycles. The van der Waals surface area contributed by atoms with Crippen molar-refractivity contribution in [3.8, 4) is 0 Å². The van der Waals surface area contributed by atoms with Gasteiger partial charge in [0.25, 0.3) is 0 Å². The monoisotopic (exact) mass is 1030 g/mol. The summed E-state index contributed by atoms with van der Waals surface area (Å²) in [5.74, 6) is -6.98. The number of aliphatic imine (C=N–C) groups is 1. The Morgan fingerprint density at radius 2 is 1.27 bits per heavy atom. The maximum Gasteiger partial charge on any atom is 0.243 e. The molecule has 2 heterocycles. The van der Waals surface area contributed by atoms with E-state index in [4.69, 9.17) is 28.7 Å². The molecule has 24 heteroatoms. The lowest BCUT2D eigenvalue weighted by molar-refractivity contribution is -0.136. The zero-order valence-corrected chi connectivity index (χ0v) is 42.1. The van der Waals surface area contributed by atoms with Gasteiger partial charge in [-0.2, -0.15) is 0 Å². The molecule has 1 fully saturated rings. The quantitative estimate of drug-likeness (QED) is 0.0327. The van der Waals surface area contributed by atoms with Gasteiger partial charge < -0.3 is 76.2 Å². The molecule has 1 saturated heterocycles. The topological polar surface area (TPSA) is 408 Å². The minimum absolute atomic E-state index is 0.0247. The number of hydrogen-bond donors (Lipinski definition) is 14. The average molecular weight is 1030 g/mol. The van der Waals surface area contributed by atoms with Crippen LogP contribution in [0.5, 0.6) is 0 Å². The number of nitrogens with one attached hydrogen (secondary N) is 9. The number of aromatic nitrogens is 1. The zero-order valence-electron chi connectivity index (χ0n) is 42.1. The van der Waals surface area contributed by atoms with Crippen LogP contribution in [0.4, 0.5) is 0 Å². The first-order valence-electron chi connectivity index (χ1n) is 25.2. The number of fused-ring (bicyclic) bond motifs is 1. The lowest BCUT2D eigenvalue weighted by atomic mass is 10.0. The minimum Gasteiger partial charge on any atom is -0.370 e. The molecule has 7 atom stereocenters. The summed E-state index contributed by atoms with van der Waals surface area (Å²) in [5, 5.41) is 22.4. The van der Waals surface area contributed by atoms with Crippen molar-refractivity contribution in [2.45, 2.75) is 139 Å². The van der Waals surface area contributed by atoms with E-state index >= 15 is 0 Å². The average Bonchev–Trinajstić information content (AvgIpc) is 3.77. The van der Waals surface area contributed by atoms with Crippen molar-refractivity contribution < 1.29 is 43.2 Å². The van der Waals surface area contributed by atoms with Crippen LogP contribution in [0.1, 0.15) is 95.1 Å². The molecule has 0 saturated carbocycles. The number of aromatic amines is 1. The number of carbonyl (C=O) groups excluding carboxylic acids is 9. The van der Waals surface area contributed by atoms with Gasteiger partial charge in [0.2, 0.25) is 53.2 Å². The van der Waals surface area contributed by atoms with Gasteiger partial charge >= 0.3 is 0 Å². The highest BCUT2D eigenvalue weighted by molar-refractivity contribution is 5.99. The standard InChI is InChI=1S/C50H75N15O9/c1-30(66)59-36(21-13-25-57-50(54)55)44(69)65-41-28-42(67)56-24-12-9-18-35(43(53)68)60-48(73)40(27-32-29-58-34-17-6-5-16-33(32)34)64-46(71)38(20-8-11-23-52)61-47(72)39(26-31-14-3-2-4-15-31)63-45(70)37(62-49(41)74)19-7-10-22-51/h2-6,14-17,29,35-41,58H,7-13,18-28,51-52H2,1H3,(H2,53,68)(H,56,67)(H,59,66)(H,60,73)(H,61,72)(H,62,74)(H,63,70)(H,64,71)(H,65,69)(H4,54,55,57)/t35-,36-,37-,38-,39+,40-,41-/m0/s1. The Bertz CT molecular complexity index is 2390. The predicted octanol–water partition coefficient (Wildman–Crippen LogP) is -2.15. The highest BCUT2D eigenvalue weighted by atomic mass is 16.2. The third kappa shape index (κ3) is 20.1. The van der Waals surface area contributed by atoms with Gasteiger partial charge in [0.1, 0.15) is 42.3 Å². The first-order chi connectivity index (χ1) is 35.5. The summed E-state index contributed by atoms with van der Waals surface area (Å²) in [6.45, 7) is 1.92. The van der Waals surface area contributed by atoms with Crippen LogP contribution in [0.25, 0.3) is 10.9 Å². The highest BCUT2D eigenvalue weighted by Gasteiger charge is 2.35. The second-order valence-electron chi connectivity index (χ2n) is 18.3. The maximum atomic E-state index is 14.6. The van der Waals surface area contributed by atoms with Crippen molar-refractivity contribution in [2.75, 3.05) is 26.2 Å². The normalized spacial score (nSPS) is 21.3. The third-order valence-corrected chi connectivity index (χ3v) is 12.4. The molecule has 0 bridgehead atoms. The Balaban J connectivity index is 1.76. The van der Waals surface area contributed by atoms with Crippen LogP contribution < -0.4 is 71.2 Å². The first kappa shape index (κ1) is 59.0. The molecule has 9 amide bonds. The summed E-state index contributed by atoms with van der Waals surface area (Å²) in [5.41, 5.74) is 30.4. The largest absolute Gasteiger partial charge is 0.370 e. The summed E-state index contributed by atoms with van der Waals surface area (Å²) in [7, 11) is 0. The minimum atomic E-state index is -1.59. The fraction of sp³-hybridized carbons (Fsp3) is 0.520. The van der Waals surface area contributed by atoms with Crippen molar-refractivity contribution in [1.29, 1.82) is 0 Å². The lowest BCUT2D eigenvalue weighted by Crippen LogP contribution is -2.60. The molecule has 4 rings (SSSR count). The zero-order chi connectivity index (χ0) is 54.0. The molecule has 24 nitrogen and oxygen atoms in total. The second kappa shape index (κ2) is 31.1. The molecule has 404 valence electrons. The Labute approximate surface area is 430 Å². The number of rotatable bonds is 20. The van der Waals surface area contributed by atoms with Gasteiger partial charge in [0, 0.05) is 50.0 Å². The Hall–Kier alpha value is -7.60. The molecule has 0 unspecified atom stereocenters. The molecular weight excluding hydrogens is 955 g/mol. The van der Waals surface area contributed by atoms with Crippen molar-refractivity contribution >= 4 is 70.0 Å². The molecule has 3 aromatic rings. The number of primary amides is 1. The van der Waals surface area contributed by atoms with E-state index in [0.717, 1.165) is 10.9 Å². The van der Waals surface area contributed by atoms with Gasteiger partial charge in [-0.1, -0.05) is 48.5 Å². The van der Waals surface area contributed by atoms with E-state index in [1.54, 1.807) is 36.5 Å². The number of nitrogens with two attached hydrogens (primary N) is 5. The van der Waals surface area contributed by atoms with E-state index < -0.39 is 102 Å². The highest BCUT2D eigenvalue weighted by Crippen LogP contribution is 2.20. The summed E-state index contributed by atoms with van der Waals surface area (Å²) >= 11 is 0. The van der Waals surface area contributed by atoms with E-state index in [0.29, 0.717) is 36.8 Å². The van der Waals surface area contributed by atoms with E-state index in [1.165, 1.54) is 6.92 Å². The van der Waals surface area contributed by atoms with Crippen LogP contribution in [-0.4, -0.2) is 133 Å². The van der Waals surface area contributed by atoms with Crippen molar-refractivity contribution in [2.24, 2.45) is 33.7 Å². The number of guanidine groups is 1. The number of para-hydroxylation sites is 1. The van der Waals surface area contributed by atoms with Crippen molar-refractivity contribution in [3.05, 3.63) is 71.9 Å². The van der Waals surface area contributed by atoms with Crippen LogP contribution in [0.3, 0.4) is 0 Å². The lowest BCUT2D eigenvalue weighted by Gasteiger charge is -2.28. The van der Waals surface area contributed by atoms with Crippen LogP contribution >= 0.6 is 0 Å². The van der Waals surface area contributed by atoms with Crippen LogP contribution in [0, 0.1) is 0 Å². The first-order valence-corrected chi connectivity index (χ1v) is 25.2. The summed E-state index contributed by atoms with van der Waals surface area (Å²) in [6.07, 6.45) is 3.69. The molecule has 1 aliphatic rings. The van der Waals surface area contributed by atoms with E-state index in [2.05, 4.69) is 52.5 Å². The Kier molecular flexibility index (Phi) is 24.8. The maximum absolute atomic E-state index is 14.6. The van der Waals surface area contributed by atoms with Gasteiger partial charge in [0.05, 0.1) is 6.42 Å². The van der Waals surface area contributed by atoms with Crippen molar-refractivity contribution in [3.63, 3.8) is 0 Å². The van der Waals surface area contributed by atoms with Crippen molar-refractivity contribution in [1.82, 2.24) is 47.5 Å². The molecule has 0 spiro atoms. The number of carbonyl (C=O) groups is 9. The predicted molar refractivity (Wildman–Crippen MR) is 278 cm³/mol. The Morgan fingerprint density at radius 1 is 0.689 bits per heavy atom. The van der Waals surface area contributed by atoms with Gasteiger partial charge in [-0.15, -0.1) is 0 Å². The van der Waals surface area contributed by atoms with Crippen LogP contribution in [-0.2, 0) is 56.0 Å². The second-order valence-corrected chi connectivity index (χ2v) is 18.3. The van der Waals surface area contributed by atoms with E-state index in [1.807, 2.05) is 24.3 Å². The number of H-pyrrole nitrogens is 1. The fourth-order valence-electron chi connectivity index (χ4n) is 8.42. The smallest absolute Gasteiger partial charge is 0.243 e. The summed E-state index contributed by atoms with van der Waals surface area (Å²) in [4.78, 5) is 132. The van der Waals surface area contributed by atoms with Crippen LogP contribution in [0.15, 0.2) is 65.8 Å². The fourth-order valence-corrected chi connectivity index (χ4v) is 8.42. The Morgan fingerprint density at radius 3 is 1.89 bits per heavy atom. The third-order valence-electron chi connectivity index (χ3n) is 12.4. The number of hydrogen-bond acceptors (Lipinski definition) is 12. The summed E-state index contributed by atoms with van der Waals surface area (Å²) < 4.78 is 0. The number of nitrogens with zero attached hydrogens (tertiary/aromatic N) is 1.